The van der Waals surface area contributed by atoms with Crippen LogP contribution in [0, 0.1) is 0 Å². The van der Waals surface area contributed by atoms with Crippen molar-refractivity contribution in [3.63, 3.8) is 0 Å². The van der Waals surface area contributed by atoms with Gasteiger partial charge in [0.25, 0.3) is 0 Å². The van der Waals surface area contributed by atoms with Crippen LogP contribution >= 0.6 is 11.8 Å². The van der Waals surface area contributed by atoms with E-state index in [9.17, 15) is 4.79 Å². The molecule has 0 aliphatic rings. The average molecular weight is 264 g/mol. The Kier molecular flexibility index (Phi) is 4.19. The first kappa shape index (κ1) is 12.9. The first-order valence-electron chi connectivity index (χ1n) is 5.96. The molecule has 2 aromatic rings. The van der Waals surface area contributed by atoms with E-state index in [1.807, 2.05) is 47.5 Å². The lowest BCUT2D eigenvalue weighted by atomic mass is 10.5. The van der Waals surface area contributed by atoms with Gasteiger partial charge in [-0.15, -0.1) is 10.2 Å². The van der Waals surface area contributed by atoms with E-state index in [0.29, 0.717) is 5.75 Å². The van der Waals surface area contributed by atoms with Gasteiger partial charge in [-0.25, -0.2) is 0 Å². The highest BCUT2D eigenvalue weighted by atomic mass is 32.2. The van der Waals surface area contributed by atoms with E-state index in [2.05, 4.69) is 10.2 Å². The molecule has 0 spiro atoms. The van der Waals surface area contributed by atoms with Gasteiger partial charge in [0.1, 0.15) is 0 Å². The van der Waals surface area contributed by atoms with Gasteiger partial charge in [-0.05, 0) is 26.0 Å². The molecule has 6 heteroatoms. The molecule has 0 aliphatic heterocycles. The van der Waals surface area contributed by atoms with Crippen LogP contribution in [0.15, 0.2) is 29.6 Å². The van der Waals surface area contributed by atoms with E-state index in [1.165, 1.54) is 11.8 Å². The Labute approximate surface area is 110 Å². The first-order valence-corrected chi connectivity index (χ1v) is 6.95. The van der Waals surface area contributed by atoms with E-state index in [0.717, 1.165) is 23.9 Å². The second-order valence-corrected chi connectivity index (χ2v) is 4.71. The fraction of sp³-hybridized carbons (Fsp3) is 0.417. The van der Waals surface area contributed by atoms with Gasteiger partial charge in [-0.3, -0.25) is 9.20 Å². The normalized spacial score (nSPS) is 10.8. The molecule has 2 aromatic heterocycles. The van der Waals surface area contributed by atoms with Crippen molar-refractivity contribution in [3.05, 3.63) is 24.4 Å². The fourth-order valence-corrected chi connectivity index (χ4v) is 2.54. The van der Waals surface area contributed by atoms with Crippen LogP contribution in [-0.2, 0) is 4.79 Å². The van der Waals surface area contributed by atoms with E-state index < -0.39 is 0 Å². The second kappa shape index (κ2) is 5.86. The summed E-state index contributed by atoms with van der Waals surface area (Å²) in [5.41, 5.74) is 0.801. The number of pyridine rings is 1. The number of fused-ring (bicyclic) bond motifs is 1. The third-order valence-corrected chi connectivity index (χ3v) is 3.65. The minimum absolute atomic E-state index is 0.137. The lowest BCUT2D eigenvalue weighted by molar-refractivity contribution is -0.127. The molecule has 0 N–H and O–H groups in total. The van der Waals surface area contributed by atoms with Crippen molar-refractivity contribution in [2.45, 2.75) is 19.0 Å². The largest absolute Gasteiger partial charge is 0.343 e. The SMILES string of the molecule is CCN(CC)C(=O)CSc1nnc2ccccn12. The summed E-state index contributed by atoms with van der Waals surface area (Å²) < 4.78 is 1.89. The predicted molar refractivity (Wildman–Crippen MR) is 71.6 cm³/mol. The minimum atomic E-state index is 0.137. The molecule has 2 heterocycles. The van der Waals surface area contributed by atoms with Crippen LogP contribution in [0.25, 0.3) is 5.65 Å². The van der Waals surface area contributed by atoms with Gasteiger partial charge in [0.2, 0.25) is 5.91 Å². The number of nitrogens with zero attached hydrogens (tertiary/aromatic N) is 4. The number of carbonyl (C=O) groups is 1. The number of hydrogen-bond acceptors (Lipinski definition) is 4. The molecule has 1 amide bonds. The number of aromatic nitrogens is 3. The molecule has 0 fully saturated rings. The van der Waals surface area contributed by atoms with Crippen molar-refractivity contribution in [1.82, 2.24) is 19.5 Å². The summed E-state index contributed by atoms with van der Waals surface area (Å²) >= 11 is 1.42. The first-order chi connectivity index (χ1) is 8.76. The fourth-order valence-electron chi connectivity index (χ4n) is 1.71. The molecule has 0 atom stereocenters. The van der Waals surface area contributed by atoms with E-state index in [-0.39, 0.29) is 5.91 Å². The Morgan fingerprint density at radius 3 is 2.83 bits per heavy atom. The van der Waals surface area contributed by atoms with Crippen LogP contribution in [0.1, 0.15) is 13.8 Å². The summed E-state index contributed by atoms with van der Waals surface area (Å²) in [5, 5.41) is 8.89. The van der Waals surface area contributed by atoms with Crippen LogP contribution in [0.3, 0.4) is 0 Å². The summed E-state index contributed by atoms with van der Waals surface area (Å²) in [4.78, 5) is 13.7. The van der Waals surface area contributed by atoms with Gasteiger partial charge in [-0.1, -0.05) is 17.8 Å². The average Bonchev–Trinajstić information content (AvgIpc) is 2.81. The summed E-state index contributed by atoms with van der Waals surface area (Å²) in [7, 11) is 0. The van der Waals surface area contributed by atoms with Gasteiger partial charge in [0.05, 0.1) is 5.75 Å². The molecule has 18 heavy (non-hydrogen) atoms. The van der Waals surface area contributed by atoms with Crippen molar-refractivity contribution in [2.24, 2.45) is 0 Å². The molecule has 0 saturated heterocycles. The standard InChI is InChI=1S/C12H16N4OS/c1-3-15(4-2)11(17)9-18-12-14-13-10-7-5-6-8-16(10)12/h5-8H,3-4,9H2,1-2H3. The number of amides is 1. The number of rotatable bonds is 5. The molecule has 2 rings (SSSR count). The molecule has 0 radical (unpaired) electrons. The lowest BCUT2D eigenvalue weighted by Crippen LogP contribution is -2.31. The lowest BCUT2D eigenvalue weighted by Gasteiger charge is -2.17. The van der Waals surface area contributed by atoms with Crippen LogP contribution < -0.4 is 0 Å². The summed E-state index contributed by atoms with van der Waals surface area (Å²) in [6.07, 6.45) is 1.90. The van der Waals surface area contributed by atoms with Crippen LogP contribution in [0.4, 0.5) is 0 Å². The Hall–Kier alpha value is -1.56. The van der Waals surface area contributed by atoms with Crippen molar-refractivity contribution in [1.29, 1.82) is 0 Å². The van der Waals surface area contributed by atoms with Crippen molar-refractivity contribution >= 4 is 23.3 Å². The number of thioether (sulfide) groups is 1. The zero-order valence-corrected chi connectivity index (χ0v) is 11.4. The predicted octanol–water partition coefficient (Wildman–Crippen LogP) is 1.69. The van der Waals surface area contributed by atoms with E-state index in [1.54, 1.807) is 0 Å². The van der Waals surface area contributed by atoms with Gasteiger partial charge in [-0.2, -0.15) is 0 Å². The Morgan fingerprint density at radius 1 is 1.33 bits per heavy atom. The van der Waals surface area contributed by atoms with Crippen LogP contribution in [0.2, 0.25) is 0 Å². The highest BCUT2D eigenvalue weighted by Gasteiger charge is 2.12. The van der Waals surface area contributed by atoms with Crippen LogP contribution in [-0.4, -0.2) is 44.2 Å². The number of hydrogen-bond donors (Lipinski definition) is 0. The summed E-state index contributed by atoms with van der Waals surface area (Å²) in [5.74, 6) is 0.537. The zero-order valence-electron chi connectivity index (χ0n) is 10.5. The minimum Gasteiger partial charge on any atom is -0.343 e. The third-order valence-electron chi connectivity index (χ3n) is 2.72. The molecular weight excluding hydrogens is 248 g/mol. The monoisotopic (exact) mass is 264 g/mol. The van der Waals surface area contributed by atoms with Gasteiger partial charge in [0.15, 0.2) is 10.8 Å². The highest BCUT2D eigenvalue weighted by molar-refractivity contribution is 7.99. The maximum absolute atomic E-state index is 11.9. The van der Waals surface area contributed by atoms with Crippen molar-refractivity contribution in [3.8, 4) is 0 Å². The van der Waals surface area contributed by atoms with Gasteiger partial charge >= 0.3 is 0 Å². The molecular formula is C12H16N4OS. The maximum atomic E-state index is 11.9. The highest BCUT2D eigenvalue weighted by Crippen LogP contribution is 2.16. The zero-order chi connectivity index (χ0) is 13.0. The number of carbonyl (C=O) groups excluding carboxylic acids is 1. The summed E-state index contributed by atoms with van der Waals surface area (Å²) in [6.45, 7) is 5.46. The van der Waals surface area contributed by atoms with Gasteiger partial charge < -0.3 is 4.90 Å². The quantitative estimate of drug-likeness (QED) is 0.771. The third kappa shape index (κ3) is 2.64. The maximum Gasteiger partial charge on any atom is 0.233 e. The van der Waals surface area contributed by atoms with Gasteiger partial charge in [0, 0.05) is 19.3 Å². The van der Waals surface area contributed by atoms with Crippen molar-refractivity contribution in [2.75, 3.05) is 18.8 Å². The Bertz CT molecular complexity index is 536. The van der Waals surface area contributed by atoms with E-state index >= 15 is 0 Å². The smallest absolute Gasteiger partial charge is 0.233 e. The van der Waals surface area contributed by atoms with Crippen molar-refractivity contribution < 1.29 is 4.79 Å². The summed E-state index contributed by atoms with van der Waals surface area (Å²) in [6, 6.07) is 5.73. The molecule has 0 aliphatic carbocycles. The molecule has 96 valence electrons. The Morgan fingerprint density at radius 2 is 2.11 bits per heavy atom. The molecule has 0 saturated carbocycles. The topological polar surface area (TPSA) is 50.5 Å². The van der Waals surface area contributed by atoms with E-state index in [4.69, 9.17) is 0 Å². The molecule has 0 bridgehead atoms. The molecule has 0 unspecified atom stereocenters. The Balaban J connectivity index is 2.04. The van der Waals surface area contributed by atoms with Crippen LogP contribution in [0.5, 0.6) is 0 Å². The molecule has 0 aromatic carbocycles. The second-order valence-electron chi connectivity index (χ2n) is 3.77. The molecule has 5 nitrogen and oxygen atoms in total.